The third-order valence-corrected chi connectivity index (χ3v) is 5.53. The summed E-state index contributed by atoms with van der Waals surface area (Å²) in [6, 6.07) is 13.3. The molecular formula is C26H28F2N4. The summed E-state index contributed by atoms with van der Waals surface area (Å²) in [5.74, 6) is -0.503. The second-order valence-electron chi connectivity index (χ2n) is 8.21. The molecule has 0 radical (unpaired) electrons. The molecule has 0 aliphatic carbocycles. The molecule has 4 nitrogen and oxygen atoms in total. The van der Waals surface area contributed by atoms with E-state index in [1.807, 2.05) is 26.0 Å². The van der Waals surface area contributed by atoms with E-state index < -0.39 is 0 Å². The lowest BCUT2D eigenvalue weighted by Crippen LogP contribution is -2.05. The maximum atomic E-state index is 13.6. The van der Waals surface area contributed by atoms with E-state index in [0.717, 1.165) is 83.3 Å². The predicted molar refractivity (Wildman–Crippen MR) is 128 cm³/mol. The molecule has 166 valence electrons. The van der Waals surface area contributed by atoms with E-state index in [1.54, 1.807) is 12.1 Å². The van der Waals surface area contributed by atoms with Crippen LogP contribution in [0.5, 0.6) is 0 Å². The Balaban J connectivity index is 1.23. The number of pyridine rings is 2. The largest absolute Gasteiger partial charge is 0.384 e. The minimum absolute atomic E-state index is 0.251. The summed E-state index contributed by atoms with van der Waals surface area (Å²) in [6.07, 6.45) is 4.24. The molecule has 0 bridgehead atoms. The molecule has 0 aliphatic heterocycles. The molecule has 4 aromatic rings. The van der Waals surface area contributed by atoms with Crippen molar-refractivity contribution in [2.24, 2.45) is 0 Å². The van der Waals surface area contributed by atoms with Gasteiger partial charge >= 0.3 is 0 Å². The summed E-state index contributed by atoms with van der Waals surface area (Å²) in [5, 5.41) is 8.51. The Hall–Kier alpha value is -3.28. The topological polar surface area (TPSA) is 49.8 Å². The first kappa shape index (κ1) is 21.9. The number of hydrogen-bond acceptors (Lipinski definition) is 4. The molecular weight excluding hydrogens is 406 g/mol. The van der Waals surface area contributed by atoms with Gasteiger partial charge in [-0.3, -0.25) is 9.97 Å². The molecule has 0 aliphatic rings. The average Bonchev–Trinajstić information content (AvgIpc) is 2.76. The number of nitrogens with zero attached hydrogens (tertiary/aromatic N) is 2. The lowest BCUT2D eigenvalue weighted by Gasteiger charge is -2.12. The van der Waals surface area contributed by atoms with Crippen molar-refractivity contribution in [3.63, 3.8) is 0 Å². The van der Waals surface area contributed by atoms with Crippen LogP contribution in [0.3, 0.4) is 0 Å². The van der Waals surface area contributed by atoms with Crippen LogP contribution in [0, 0.1) is 25.5 Å². The van der Waals surface area contributed by atoms with Gasteiger partial charge < -0.3 is 10.6 Å². The first-order chi connectivity index (χ1) is 15.5. The molecule has 6 heteroatoms. The second kappa shape index (κ2) is 9.90. The van der Waals surface area contributed by atoms with Crippen molar-refractivity contribution in [1.82, 2.24) is 9.97 Å². The summed E-state index contributed by atoms with van der Waals surface area (Å²) in [5.41, 5.74) is 5.30. The van der Waals surface area contributed by atoms with Gasteiger partial charge in [0.25, 0.3) is 0 Å². The van der Waals surface area contributed by atoms with Gasteiger partial charge in [-0.15, -0.1) is 0 Å². The van der Waals surface area contributed by atoms with Crippen LogP contribution in [0.4, 0.5) is 20.2 Å². The van der Waals surface area contributed by atoms with Gasteiger partial charge in [0.1, 0.15) is 11.6 Å². The van der Waals surface area contributed by atoms with Gasteiger partial charge in [-0.1, -0.05) is 12.8 Å². The van der Waals surface area contributed by atoms with Gasteiger partial charge in [-0.2, -0.15) is 0 Å². The molecule has 0 spiro atoms. The monoisotopic (exact) mass is 434 g/mol. The minimum atomic E-state index is -0.251. The van der Waals surface area contributed by atoms with Gasteiger partial charge in [-0.25, -0.2) is 8.78 Å². The van der Waals surface area contributed by atoms with Gasteiger partial charge in [-0.05, 0) is 75.2 Å². The van der Waals surface area contributed by atoms with E-state index in [2.05, 4.69) is 20.6 Å². The maximum Gasteiger partial charge on any atom is 0.124 e. The first-order valence-corrected chi connectivity index (χ1v) is 11.1. The van der Waals surface area contributed by atoms with Gasteiger partial charge in [0.05, 0.1) is 11.0 Å². The van der Waals surface area contributed by atoms with Crippen LogP contribution in [0.25, 0.3) is 21.8 Å². The van der Waals surface area contributed by atoms with E-state index in [-0.39, 0.29) is 11.6 Å². The fourth-order valence-corrected chi connectivity index (χ4v) is 4.00. The van der Waals surface area contributed by atoms with Gasteiger partial charge in [0.2, 0.25) is 0 Å². The van der Waals surface area contributed by atoms with E-state index in [9.17, 15) is 8.78 Å². The fourth-order valence-electron chi connectivity index (χ4n) is 4.00. The second-order valence-corrected chi connectivity index (χ2v) is 8.21. The summed E-state index contributed by atoms with van der Waals surface area (Å²) in [7, 11) is 0. The van der Waals surface area contributed by atoms with Crippen molar-refractivity contribution in [3.05, 3.63) is 71.6 Å². The Morgan fingerprint density at radius 1 is 0.625 bits per heavy atom. The highest BCUT2D eigenvalue weighted by molar-refractivity contribution is 5.92. The third-order valence-electron chi connectivity index (χ3n) is 5.53. The molecule has 0 amide bonds. The molecule has 2 N–H and O–H groups in total. The normalized spacial score (nSPS) is 11.2. The summed E-state index contributed by atoms with van der Waals surface area (Å²) in [6.45, 7) is 5.55. The zero-order valence-corrected chi connectivity index (χ0v) is 18.5. The number of anilines is 2. The van der Waals surface area contributed by atoms with Crippen LogP contribution in [-0.2, 0) is 0 Å². The van der Waals surface area contributed by atoms with E-state index in [1.165, 1.54) is 24.3 Å². The van der Waals surface area contributed by atoms with Crippen molar-refractivity contribution in [2.45, 2.75) is 39.5 Å². The number of aryl methyl sites for hydroxylation is 2. The number of nitrogens with one attached hydrogen (secondary N) is 2. The van der Waals surface area contributed by atoms with Crippen LogP contribution in [-0.4, -0.2) is 23.1 Å². The number of halogens is 2. The number of rotatable bonds is 9. The zero-order valence-electron chi connectivity index (χ0n) is 18.5. The fraction of sp³-hybridized carbons (Fsp3) is 0.308. The van der Waals surface area contributed by atoms with E-state index >= 15 is 0 Å². The SMILES string of the molecule is Cc1cc(NCCCCCCNc2cc(C)nc3ccc(F)cc23)c2cc(F)ccc2n1. The summed E-state index contributed by atoms with van der Waals surface area (Å²) in [4.78, 5) is 8.94. The number of aromatic nitrogens is 2. The smallest absolute Gasteiger partial charge is 0.124 e. The molecule has 0 saturated carbocycles. The van der Waals surface area contributed by atoms with E-state index in [0.29, 0.717) is 0 Å². The summed E-state index contributed by atoms with van der Waals surface area (Å²) < 4.78 is 27.3. The molecule has 32 heavy (non-hydrogen) atoms. The highest BCUT2D eigenvalue weighted by Crippen LogP contribution is 2.25. The Labute approximate surface area is 187 Å². The molecule has 2 heterocycles. The quantitative estimate of drug-likeness (QED) is 0.286. The van der Waals surface area contributed by atoms with Crippen LogP contribution in [0.2, 0.25) is 0 Å². The first-order valence-electron chi connectivity index (χ1n) is 11.1. The van der Waals surface area contributed by atoms with Crippen molar-refractivity contribution in [2.75, 3.05) is 23.7 Å². The van der Waals surface area contributed by atoms with E-state index in [4.69, 9.17) is 0 Å². The summed E-state index contributed by atoms with van der Waals surface area (Å²) >= 11 is 0. The van der Waals surface area contributed by atoms with Crippen LogP contribution < -0.4 is 10.6 Å². The van der Waals surface area contributed by atoms with Gasteiger partial charge in [0, 0.05) is 46.6 Å². The molecule has 2 aromatic carbocycles. The molecule has 2 aromatic heterocycles. The number of hydrogen-bond donors (Lipinski definition) is 2. The highest BCUT2D eigenvalue weighted by atomic mass is 19.1. The zero-order chi connectivity index (χ0) is 22.5. The molecule has 0 unspecified atom stereocenters. The number of benzene rings is 2. The van der Waals surface area contributed by atoms with Crippen molar-refractivity contribution >= 4 is 33.2 Å². The lowest BCUT2D eigenvalue weighted by atomic mass is 10.1. The van der Waals surface area contributed by atoms with Crippen LogP contribution in [0.1, 0.15) is 37.1 Å². The Kier molecular flexibility index (Phi) is 6.78. The third kappa shape index (κ3) is 5.31. The maximum absolute atomic E-state index is 13.6. The highest BCUT2D eigenvalue weighted by Gasteiger charge is 2.06. The Morgan fingerprint density at radius 2 is 1.06 bits per heavy atom. The number of unbranched alkanes of at least 4 members (excludes halogenated alkanes) is 3. The van der Waals surface area contributed by atoms with Crippen molar-refractivity contribution in [1.29, 1.82) is 0 Å². The number of fused-ring (bicyclic) bond motifs is 2. The molecule has 0 atom stereocenters. The van der Waals surface area contributed by atoms with Crippen LogP contribution >= 0.6 is 0 Å². The Bertz CT molecular complexity index is 1140. The predicted octanol–water partition coefficient (Wildman–Crippen LogP) is 6.76. The average molecular weight is 435 g/mol. The van der Waals surface area contributed by atoms with Crippen molar-refractivity contribution in [3.8, 4) is 0 Å². The standard InChI is InChI=1S/C26H28F2N4/c1-17-13-25(21-15-19(27)7-9-23(21)31-17)29-11-5-3-4-6-12-30-26-14-18(2)32-24-10-8-20(28)16-22(24)26/h7-10,13-16H,3-6,11-12H2,1-2H3,(H,29,31)(H,30,32). The Morgan fingerprint density at radius 3 is 1.50 bits per heavy atom. The molecule has 4 rings (SSSR count). The van der Waals surface area contributed by atoms with Gasteiger partial charge in [0.15, 0.2) is 0 Å². The molecule has 0 fully saturated rings. The van der Waals surface area contributed by atoms with Crippen LogP contribution in [0.15, 0.2) is 48.5 Å². The van der Waals surface area contributed by atoms with Crippen molar-refractivity contribution < 1.29 is 8.78 Å². The minimum Gasteiger partial charge on any atom is -0.384 e. The molecule has 0 saturated heterocycles. The lowest BCUT2D eigenvalue weighted by molar-refractivity contribution is 0.629.